The van der Waals surface area contributed by atoms with Crippen LogP contribution >= 0.6 is 0 Å². The van der Waals surface area contributed by atoms with Crippen LogP contribution < -0.4 is 4.72 Å². The van der Waals surface area contributed by atoms with Gasteiger partial charge in [0.05, 0.1) is 23.9 Å². The van der Waals surface area contributed by atoms with E-state index in [0.29, 0.717) is 30.6 Å². The quantitative estimate of drug-likeness (QED) is 0.648. The first-order valence-corrected chi connectivity index (χ1v) is 10.6. The summed E-state index contributed by atoms with van der Waals surface area (Å²) in [5.74, 6) is -0.543. The summed E-state index contributed by atoms with van der Waals surface area (Å²) in [6, 6.07) is 12.0. The second-order valence-electron chi connectivity index (χ2n) is 7.32. The van der Waals surface area contributed by atoms with Crippen LogP contribution in [0.1, 0.15) is 22.5 Å². The first-order chi connectivity index (χ1) is 13.8. The Bertz CT molecular complexity index is 1240. The highest BCUT2D eigenvalue weighted by Crippen LogP contribution is 2.34. The molecule has 1 aromatic carbocycles. The lowest BCUT2D eigenvalue weighted by molar-refractivity contribution is 0.487. The third kappa shape index (κ3) is 3.62. The SMILES string of the molecule is CN(C)S(=O)(=O)NC1Cc2c(n(Cc3cccc(F)n3)c3ccc(C#N)cc23)C1. The Kier molecular flexibility index (Phi) is 4.86. The third-order valence-electron chi connectivity index (χ3n) is 5.20. The average Bonchev–Trinajstić information content (AvgIpc) is 3.19. The second kappa shape index (κ2) is 7.22. The number of hydrogen-bond acceptors (Lipinski definition) is 4. The minimum Gasteiger partial charge on any atom is -0.338 e. The van der Waals surface area contributed by atoms with Crippen LogP contribution in [0.5, 0.6) is 0 Å². The maximum absolute atomic E-state index is 13.6. The van der Waals surface area contributed by atoms with Crippen molar-refractivity contribution in [3.63, 3.8) is 0 Å². The molecule has 1 N–H and O–H groups in total. The Morgan fingerprint density at radius 1 is 1.31 bits per heavy atom. The van der Waals surface area contributed by atoms with Gasteiger partial charge >= 0.3 is 0 Å². The molecule has 0 amide bonds. The molecule has 2 heterocycles. The predicted octanol–water partition coefficient (Wildman–Crippen LogP) is 1.96. The molecule has 1 unspecified atom stereocenters. The van der Waals surface area contributed by atoms with Crippen LogP contribution in [0.3, 0.4) is 0 Å². The topological polar surface area (TPSA) is 91.0 Å². The first kappa shape index (κ1) is 19.5. The molecule has 0 radical (unpaired) electrons. The van der Waals surface area contributed by atoms with Crippen molar-refractivity contribution in [2.45, 2.75) is 25.4 Å². The molecule has 1 aliphatic carbocycles. The van der Waals surface area contributed by atoms with Crippen molar-refractivity contribution in [1.29, 1.82) is 5.26 Å². The number of rotatable bonds is 5. The maximum atomic E-state index is 13.6. The van der Waals surface area contributed by atoms with E-state index in [1.165, 1.54) is 20.2 Å². The zero-order valence-electron chi connectivity index (χ0n) is 16.1. The number of aromatic nitrogens is 2. The van der Waals surface area contributed by atoms with E-state index in [9.17, 15) is 18.1 Å². The molecule has 0 bridgehead atoms. The molecule has 0 saturated carbocycles. The molecule has 0 saturated heterocycles. The van der Waals surface area contributed by atoms with Crippen molar-refractivity contribution in [3.8, 4) is 6.07 Å². The van der Waals surface area contributed by atoms with Crippen LogP contribution in [0.15, 0.2) is 36.4 Å². The monoisotopic (exact) mass is 413 g/mol. The van der Waals surface area contributed by atoms with Crippen molar-refractivity contribution in [2.75, 3.05) is 14.1 Å². The fraction of sp³-hybridized carbons (Fsp3) is 0.300. The zero-order valence-corrected chi connectivity index (χ0v) is 16.9. The van der Waals surface area contributed by atoms with Crippen molar-refractivity contribution < 1.29 is 12.8 Å². The lowest BCUT2D eigenvalue weighted by atomic mass is 10.1. The van der Waals surface area contributed by atoms with Crippen LogP contribution in [0, 0.1) is 17.3 Å². The van der Waals surface area contributed by atoms with E-state index in [-0.39, 0.29) is 6.04 Å². The average molecular weight is 413 g/mol. The Morgan fingerprint density at radius 2 is 2.10 bits per heavy atom. The summed E-state index contributed by atoms with van der Waals surface area (Å²) in [6.45, 7) is 0.364. The highest BCUT2D eigenvalue weighted by molar-refractivity contribution is 7.87. The van der Waals surface area contributed by atoms with Crippen LogP contribution in [0.4, 0.5) is 4.39 Å². The van der Waals surface area contributed by atoms with Gasteiger partial charge in [-0.3, -0.25) is 0 Å². The molecule has 29 heavy (non-hydrogen) atoms. The van der Waals surface area contributed by atoms with Crippen LogP contribution in [0.25, 0.3) is 10.9 Å². The minimum atomic E-state index is -3.56. The highest BCUT2D eigenvalue weighted by atomic mass is 32.2. The summed E-state index contributed by atoms with van der Waals surface area (Å²) >= 11 is 0. The van der Waals surface area contributed by atoms with Crippen molar-refractivity contribution in [1.82, 2.24) is 18.6 Å². The molecule has 150 valence electrons. The number of nitriles is 1. The molecule has 0 aliphatic heterocycles. The number of halogens is 1. The smallest absolute Gasteiger partial charge is 0.279 e. The lowest BCUT2D eigenvalue weighted by Gasteiger charge is -2.18. The van der Waals surface area contributed by atoms with Gasteiger partial charge in [-0.05, 0) is 42.3 Å². The second-order valence-corrected chi connectivity index (χ2v) is 9.23. The van der Waals surface area contributed by atoms with Gasteiger partial charge < -0.3 is 4.57 Å². The van der Waals surface area contributed by atoms with Gasteiger partial charge in [0.15, 0.2) is 0 Å². The van der Waals surface area contributed by atoms with E-state index < -0.39 is 16.2 Å². The number of hydrogen-bond donors (Lipinski definition) is 1. The number of nitrogens with zero attached hydrogens (tertiary/aromatic N) is 4. The largest absolute Gasteiger partial charge is 0.338 e. The summed E-state index contributed by atoms with van der Waals surface area (Å²) in [6.07, 6.45) is 1.03. The van der Waals surface area contributed by atoms with E-state index in [1.54, 1.807) is 18.2 Å². The summed E-state index contributed by atoms with van der Waals surface area (Å²) in [4.78, 5) is 3.96. The Labute approximate surface area is 168 Å². The summed E-state index contributed by atoms with van der Waals surface area (Å²) < 4.78 is 44.0. The van der Waals surface area contributed by atoms with E-state index in [2.05, 4.69) is 15.8 Å². The number of fused-ring (bicyclic) bond motifs is 3. The molecule has 1 atom stereocenters. The Balaban J connectivity index is 1.77. The van der Waals surface area contributed by atoms with E-state index in [1.807, 2.05) is 16.7 Å². The normalized spacial score (nSPS) is 16.3. The number of benzene rings is 1. The number of nitrogens with one attached hydrogen (secondary N) is 1. The molecular weight excluding hydrogens is 393 g/mol. The molecule has 3 aromatic rings. The third-order valence-corrected chi connectivity index (χ3v) is 6.79. The van der Waals surface area contributed by atoms with Gasteiger partial charge in [-0.2, -0.15) is 27.1 Å². The van der Waals surface area contributed by atoms with Gasteiger partial charge in [0, 0.05) is 43.2 Å². The molecule has 0 spiro atoms. The Morgan fingerprint density at radius 3 is 2.79 bits per heavy atom. The molecule has 9 heteroatoms. The molecule has 7 nitrogen and oxygen atoms in total. The number of pyridine rings is 1. The zero-order chi connectivity index (χ0) is 20.8. The van der Waals surface area contributed by atoms with Crippen LogP contribution in [-0.4, -0.2) is 42.4 Å². The van der Waals surface area contributed by atoms with E-state index in [4.69, 9.17) is 0 Å². The van der Waals surface area contributed by atoms with Crippen molar-refractivity contribution in [3.05, 3.63) is 64.9 Å². The maximum Gasteiger partial charge on any atom is 0.279 e. The highest BCUT2D eigenvalue weighted by Gasteiger charge is 2.31. The van der Waals surface area contributed by atoms with Gasteiger partial charge in [-0.15, -0.1) is 0 Å². The molecule has 1 aliphatic rings. The molecule has 0 fully saturated rings. The molecule has 4 rings (SSSR count). The lowest BCUT2D eigenvalue weighted by Crippen LogP contribution is -2.42. The summed E-state index contributed by atoms with van der Waals surface area (Å²) in [7, 11) is -0.599. The summed E-state index contributed by atoms with van der Waals surface area (Å²) in [5.41, 5.74) is 4.03. The van der Waals surface area contributed by atoms with Gasteiger partial charge in [0.1, 0.15) is 0 Å². The van der Waals surface area contributed by atoms with Crippen LogP contribution in [-0.2, 0) is 29.6 Å². The fourth-order valence-corrected chi connectivity index (χ4v) is 4.64. The van der Waals surface area contributed by atoms with E-state index >= 15 is 0 Å². The van der Waals surface area contributed by atoms with Crippen LogP contribution in [0.2, 0.25) is 0 Å². The summed E-state index contributed by atoms with van der Waals surface area (Å²) in [5, 5.41) is 10.2. The molecular formula is C20H20FN5O2S. The van der Waals surface area contributed by atoms with Gasteiger partial charge in [-0.25, -0.2) is 4.98 Å². The molecule has 2 aromatic heterocycles. The van der Waals surface area contributed by atoms with Crippen molar-refractivity contribution >= 4 is 21.1 Å². The standard InChI is InChI=1S/C20H20FN5O2S/c1-25(2)29(27,28)24-15-9-17-16-8-13(11-22)6-7-18(16)26(19(17)10-15)12-14-4-3-5-20(21)23-14/h3-8,15,24H,9-10,12H2,1-2H3. The van der Waals surface area contributed by atoms with Gasteiger partial charge in [-0.1, -0.05) is 6.07 Å². The predicted molar refractivity (Wildman–Crippen MR) is 107 cm³/mol. The van der Waals surface area contributed by atoms with Gasteiger partial charge in [0.25, 0.3) is 10.2 Å². The van der Waals surface area contributed by atoms with Crippen molar-refractivity contribution in [2.24, 2.45) is 0 Å². The Hall–Kier alpha value is -2.80. The fourth-order valence-electron chi connectivity index (χ4n) is 3.84. The first-order valence-electron chi connectivity index (χ1n) is 9.14. The van der Waals surface area contributed by atoms with E-state index in [0.717, 1.165) is 26.5 Å². The minimum absolute atomic E-state index is 0.283. The van der Waals surface area contributed by atoms with Gasteiger partial charge in [0.2, 0.25) is 5.95 Å².